The van der Waals surface area contributed by atoms with Gasteiger partial charge >= 0.3 is 0 Å². The molecule has 0 aliphatic carbocycles. The van der Waals surface area contributed by atoms with Crippen molar-refractivity contribution < 1.29 is 4.92 Å². The maximum atomic E-state index is 10.8. The summed E-state index contributed by atoms with van der Waals surface area (Å²) in [5.41, 5.74) is 3.04. The second-order valence-electron chi connectivity index (χ2n) is 5.34. The maximum Gasteiger partial charge on any atom is 0.269 e. The first-order valence-electron chi connectivity index (χ1n) is 7.45. The van der Waals surface area contributed by atoms with E-state index in [1.165, 1.54) is 12.1 Å². The van der Waals surface area contributed by atoms with Gasteiger partial charge in [-0.15, -0.1) is 0 Å². The Morgan fingerprint density at radius 3 is 2.00 bits per heavy atom. The van der Waals surface area contributed by atoms with Crippen molar-refractivity contribution in [3.05, 3.63) is 105 Å². The van der Waals surface area contributed by atoms with E-state index in [0.717, 1.165) is 16.8 Å². The number of halogens is 1. The normalized spacial score (nSPS) is 11.7. The molecule has 3 aromatic rings. The van der Waals surface area contributed by atoms with Gasteiger partial charge in [-0.05, 0) is 35.4 Å². The van der Waals surface area contributed by atoms with E-state index in [2.05, 4.69) is 5.32 Å². The lowest BCUT2D eigenvalue weighted by Crippen LogP contribution is -2.12. The molecule has 5 heteroatoms. The van der Waals surface area contributed by atoms with Crippen molar-refractivity contribution in [3.8, 4) is 0 Å². The lowest BCUT2D eigenvalue weighted by atomic mass is 9.98. The fraction of sp³-hybridized carbons (Fsp3) is 0.0526. The van der Waals surface area contributed by atoms with Gasteiger partial charge in [0, 0.05) is 22.8 Å². The molecule has 0 amide bonds. The summed E-state index contributed by atoms with van der Waals surface area (Å²) in [6.45, 7) is 0. The van der Waals surface area contributed by atoms with Gasteiger partial charge < -0.3 is 5.32 Å². The molecule has 0 heterocycles. The number of hydrogen-bond donors (Lipinski definition) is 1. The molecule has 1 atom stereocenters. The molecule has 0 aliphatic rings. The van der Waals surface area contributed by atoms with Crippen LogP contribution in [0.15, 0.2) is 78.9 Å². The van der Waals surface area contributed by atoms with Crippen LogP contribution < -0.4 is 5.32 Å². The molecule has 0 bridgehead atoms. The molecule has 0 aliphatic heterocycles. The minimum atomic E-state index is -0.405. The van der Waals surface area contributed by atoms with Crippen LogP contribution in [0.3, 0.4) is 0 Å². The molecular formula is C19H15ClN2O2. The van der Waals surface area contributed by atoms with Gasteiger partial charge in [0.2, 0.25) is 0 Å². The number of nitrogens with zero attached hydrogens (tertiary/aromatic N) is 1. The van der Waals surface area contributed by atoms with E-state index < -0.39 is 4.92 Å². The summed E-state index contributed by atoms with van der Waals surface area (Å²) in [6, 6.07) is 24.0. The number of benzene rings is 3. The number of non-ortho nitro benzene ring substituents is 1. The van der Waals surface area contributed by atoms with Crippen LogP contribution in [-0.4, -0.2) is 4.92 Å². The largest absolute Gasteiger partial charge is 0.374 e. The molecule has 0 saturated carbocycles. The van der Waals surface area contributed by atoms with Crippen molar-refractivity contribution >= 4 is 23.0 Å². The summed E-state index contributed by atoms with van der Waals surface area (Å²) in [6.07, 6.45) is 0. The first kappa shape index (κ1) is 16.0. The lowest BCUT2D eigenvalue weighted by Gasteiger charge is -2.21. The Bertz CT molecular complexity index is 818. The number of rotatable bonds is 5. The molecule has 1 unspecified atom stereocenters. The van der Waals surface area contributed by atoms with Crippen molar-refractivity contribution in [1.29, 1.82) is 0 Å². The van der Waals surface area contributed by atoms with Crippen LogP contribution in [0, 0.1) is 10.1 Å². The fourth-order valence-corrected chi connectivity index (χ4v) is 2.63. The molecule has 0 aromatic heterocycles. The zero-order valence-corrected chi connectivity index (χ0v) is 13.5. The van der Waals surface area contributed by atoms with Gasteiger partial charge in [0.25, 0.3) is 5.69 Å². The number of nitrogens with one attached hydrogen (secondary N) is 1. The van der Waals surface area contributed by atoms with E-state index in [0.29, 0.717) is 5.02 Å². The summed E-state index contributed by atoms with van der Waals surface area (Å²) < 4.78 is 0. The molecule has 3 aromatic carbocycles. The second-order valence-corrected chi connectivity index (χ2v) is 5.78. The van der Waals surface area contributed by atoms with Gasteiger partial charge in [-0.2, -0.15) is 0 Å². The summed E-state index contributed by atoms with van der Waals surface area (Å²) in [7, 11) is 0. The molecular weight excluding hydrogens is 324 g/mol. The minimum absolute atomic E-state index is 0.0725. The predicted molar refractivity (Wildman–Crippen MR) is 96.5 cm³/mol. The van der Waals surface area contributed by atoms with Crippen LogP contribution in [0.5, 0.6) is 0 Å². The Kier molecular flexibility index (Phi) is 4.77. The fourth-order valence-electron chi connectivity index (χ4n) is 2.51. The van der Waals surface area contributed by atoms with Gasteiger partial charge in [-0.25, -0.2) is 0 Å². The maximum absolute atomic E-state index is 10.8. The highest BCUT2D eigenvalue weighted by molar-refractivity contribution is 6.30. The van der Waals surface area contributed by atoms with E-state index in [1.54, 1.807) is 12.1 Å². The lowest BCUT2D eigenvalue weighted by molar-refractivity contribution is -0.384. The van der Waals surface area contributed by atoms with Crippen molar-refractivity contribution in [2.45, 2.75) is 6.04 Å². The SMILES string of the molecule is O=[N+]([O-])c1ccc(NC(c2ccccc2)c2ccc(Cl)cc2)cc1. The molecule has 1 N–H and O–H groups in total. The number of hydrogen-bond acceptors (Lipinski definition) is 3. The van der Waals surface area contributed by atoms with Crippen molar-refractivity contribution in [3.63, 3.8) is 0 Å². The van der Waals surface area contributed by atoms with Gasteiger partial charge in [-0.3, -0.25) is 10.1 Å². The van der Waals surface area contributed by atoms with Gasteiger partial charge in [0.05, 0.1) is 11.0 Å². The van der Waals surface area contributed by atoms with Crippen LogP contribution in [-0.2, 0) is 0 Å². The van der Waals surface area contributed by atoms with E-state index in [1.807, 2.05) is 54.6 Å². The third-order valence-corrected chi connectivity index (χ3v) is 3.98. The molecule has 4 nitrogen and oxygen atoms in total. The van der Waals surface area contributed by atoms with Crippen LogP contribution in [0.4, 0.5) is 11.4 Å². The Morgan fingerprint density at radius 2 is 1.42 bits per heavy atom. The number of anilines is 1. The topological polar surface area (TPSA) is 55.2 Å². The van der Waals surface area contributed by atoms with Gasteiger partial charge in [-0.1, -0.05) is 54.1 Å². The van der Waals surface area contributed by atoms with E-state index >= 15 is 0 Å². The smallest absolute Gasteiger partial charge is 0.269 e. The Hall–Kier alpha value is -2.85. The second kappa shape index (κ2) is 7.15. The van der Waals surface area contributed by atoms with Gasteiger partial charge in [0.1, 0.15) is 0 Å². The minimum Gasteiger partial charge on any atom is -0.374 e. The van der Waals surface area contributed by atoms with Crippen LogP contribution in [0.25, 0.3) is 0 Å². The van der Waals surface area contributed by atoms with Crippen molar-refractivity contribution in [2.24, 2.45) is 0 Å². The third kappa shape index (κ3) is 3.73. The molecule has 24 heavy (non-hydrogen) atoms. The zero-order chi connectivity index (χ0) is 16.9. The van der Waals surface area contributed by atoms with E-state index in [9.17, 15) is 10.1 Å². The van der Waals surface area contributed by atoms with Crippen molar-refractivity contribution in [2.75, 3.05) is 5.32 Å². The number of nitro groups is 1. The Balaban J connectivity index is 1.93. The Morgan fingerprint density at radius 1 is 0.833 bits per heavy atom. The zero-order valence-electron chi connectivity index (χ0n) is 12.7. The number of nitro benzene ring substituents is 1. The van der Waals surface area contributed by atoms with E-state index in [-0.39, 0.29) is 11.7 Å². The molecule has 3 rings (SSSR count). The van der Waals surface area contributed by atoms with E-state index in [4.69, 9.17) is 11.6 Å². The third-order valence-electron chi connectivity index (χ3n) is 3.73. The van der Waals surface area contributed by atoms with Crippen LogP contribution >= 0.6 is 11.6 Å². The molecule has 0 radical (unpaired) electrons. The first-order chi connectivity index (χ1) is 11.6. The highest BCUT2D eigenvalue weighted by Gasteiger charge is 2.14. The summed E-state index contributed by atoms with van der Waals surface area (Å²) in [5.74, 6) is 0. The summed E-state index contributed by atoms with van der Waals surface area (Å²) in [5, 5.41) is 14.9. The monoisotopic (exact) mass is 338 g/mol. The van der Waals surface area contributed by atoms with Crippen LogP contribution in [0.2, 0.25) is 5.02 Å². The van der Waals surface area contributed by atoms with Gasteiger partial charge in [0.15, 0.2) is 0 Å². The first-order valence-corrected chi connectivity index (χ1v) is 7.83. The standard InChI is InChI=1S/C19H15ClN2O2/c20-16-8-6-15(7-9-16)19(14-4-2-1-3-5-14)21-17-10-12-18(13-11-17)22(23)24/h1-13,19,21H. The summed E-state index contributed by atoms with van der Waals surface area (Å²) >= 11 is 5.99. The quantitative estimate of drug-likeness (QED) is 0.497. The molecule has 0 fully saturated rings. The van der Waals surface area contributed by atoms with Crippen molar-refractivity contribution in [1.82, 2.24) is 0 Å². The van der Waals surface area contributed by atoms with Crippen LogP contribution in [0.1, 0.15) is 17.2 Å². The average molecular weight is 339 g/mol. The Labute approximate surface area is 144 Å². The summed E-state index contributed by atoms with van der Waals surface area (Å²) in [4.78, 5) is 10.4. The average Bonchev–Trinajstić information content (AvgIpc) is 2.62. The predicted octanol–water partition coefficient (Wildman–Crippen LogP) is 5.45. The highest BCUT2D eigenvalue weighted by Crippen LogP contribution is 2.28. The molecule has 0 spiro atoms. The highest BCUT2D eigenvalue weighted by atomic mass is 35.5. The molecule has 120 valence electrons. The molecule has 0 saturated heterocycles.